The first kappa shape index (κ1) is 22.5. The number of para-hydroxylation sites is 1. The Morgan fingerprint density at radius 2 is 1.84 bits per heavy atom. The molecule has 0 spiro atoms. The smallest absolute Gasteiger partial charge is 0.475 e. The fourth-order valence-electron chi connectivity index (χ4n) is 2.79. The Hall–Kier alpha value is -4.15. The molecule has 3 heterocycles. The minimum Gasteiger partial charge on any atom is -0.475 e. The van der Waals surface area contributed by atoms with Crippen molar-refractivity contribution in [3.8, 4) is 11.1 Å². The number of nitrogens with zero attached hydrogens (tertiary/aromatic N) is 3. The predicted molar refractivity (Wildman–Crippen MR) is 111 cm³/mol. The molecule has 166 valence electrons. The van der Waals surface area contributed by atoms with E-state index in [1.54, 1.807) is 17.1 Å². The number of carbonyl (C=O) groups excluding carboxylic acids is 1. The molecule has 0 saturated heterocycles. The maximum absolute atomic E-state index is 12.4. The van der Waals surface area contributed by atoms with E-state index >= 15 is 0 Å². The van der Waals surface area contributed by atoms with Crippen molar-refractivity contribution in [2.75, 3.05) is 5.32 Å². The summed E-state index contributed by atoms with van der Waals surface area (Å²) in [6.07, 6.45) is 2.20. The molecule has 1 unspecified atom stereocenters. The van der Waals surface area contributed by atoms with Gasteiger partial charge in [0.15, 0.2) is 0 Å². The Kier molecular flexibility index (Phi) is 6.57. The molecule has 1 atom stereocenters. The standard InChI is InChI=1S/C19H17N5O.C2HF3O2/c1-13(19(25)23-15-5-3-2-4-6-15)24-12-14(11-22-24)16-7-9-20-18-17(16)8-10-21-18;3-2(4,5)1(6)7/h2-13H,1H3,(H,20,21)(H,23,25);(H,6,7). The average Bonchev–Trinajstić information content (AvgIpc) is 3.43. The van der Waals surface area contributed by atoms with E-state index in [0.717, 1.165) is 27.8 Å². The van der Waals surface area contributed by atoms with E-state index in [1.165, 1.54) is 0 Å². The van der Waals surface area contributed by atoms with E-state index in [-0.39, 0.29) is 5.91 Å². The molecule has 0 fully saturated rings. The Morgan fingerprint density at radius 3 is 2.50 bits per heavy atom. The van der Waals surface area contributed by atoms with Gasteiger partial charge in [0.25, 0.3) is 0 Å². The van der Waals surface area contributed by atoms with Crippen LogP contribution in [0.2, 0.25) is 0 Å². The van der Waals surface area contributed by atoms with E-state index in [0.29, 0.717) is 0 Å². The van der Waals surface area contributed by atoms with Crippen molar-refractivity contribution < 1.29 is 27.9 Å². The highest BCUT2D eigenvalue weighted by Gasteiger charge is 2.38. The largest absolute Gasteiger partial charge is 0.490 e. The lowest BCUT2D eigenvalue weighted by Gasteiger charge is -2.12. The lowest BCUT2D eigenvalue weighted by molar-refractivity contribution is -0.192. The second kappa shape index (κ2) is 9.33. The van der Waals surface area contributed by atoms with Crippen molar-refractivity contribution in [3.05, 3.63) is 67.3 Å². The Morgan fingerprint density at radius 1 is 1.16 bits per heavy atom. The second-order valence-electron chi connectivity index (χ2n) is 6.64. The van der Waals surface area contributed by atoms with Crippen LogP contribution in [0.4, 0.5) is 18.9 Å². The van der Waals surface area contributed by atoms with Crippen LogP contribution in [0.5, 0.6) is 0 Å². The van der Waals surface area contributed by atoms with Crippen LogP contribution < -0.4 is 5.32 Å². The highest BCUT2D eigenvalue weighted by molar-refractivity contribution is 5.94. The molecule has 32 heavy (non-hydrogen) atoms. The summed E-state index contributed by atoms with van der Waals surface area (Å²) in [7, 11) is 0. The van der Waals surface area contributed by atoms with Crippen molar-refractivity contribution in [1.29, 1.82) is 0 Å². The summed E-state index contributed by atoms with van der Waals surface area (Å²) in [6.45, 7) is 1.83. The van der Waals surface area contributed by atoms with Crippen molar-refractivity contribution in [3.63, 3.8) is 0 Å². The molecule has 0 saturated carbocycles. The Labute approximate surface area is 179 Å². The number of carboxylic acids is 1. The predicted octanol–water partition coefficient (Wildman–Crippen LogP) is 4.26. The molecule has 4 aromatic rings. The first-order chi connectivity index (χ1) is 15.2. The van der Waals surface area contributed by atoms with Crippen molar-refractivity contribution in [2.45, 2.75) is 19.1 Å². The number of rotatable bonds is 4. The maximum atomic E-state index is 12.4. The molecule has 0 aliphatic heterocycles. The van der Waals surface area contributed by atoms with Gasteiger partial charge in [-0.15, -0.1) is 0 Å². The number of nitrogens with one attached hydrogen (secondary N) is 2. The third kappa shape index (κ3) is 5.31. The molecule has 4 rings (SSSR count). The summed E-state index contributed by atoms with van der Waals surface area (Å²) in [5.41, 5.74) is 3.59. The molecule has 0 bridgehead atoms. The minimum atomic E-state index is -5.08. The maximum Gasteiger partial charge on any atom is 0.490 e. The molecule has 1 aromatic carbocycles. The van der Waals surface area contributed by atoms with Gasteiger partial charge < -0.3 is 15.4 Å². The first-order valence-corrected chi connectivity index (χ1v) is 9.29. The SMILES string of the molecule is CC(C(=O)Nc1ccccc1)n1cc(-c2ccnc3[nH]ccc23)cn1.O=C(O)C(F)(F)F. The van der Waals surface area contributed by atoms with Gasteiger partial charge in [0.05, 0.1) is 6.20 Å². The van der Waals surface area contributed by atoms with Gasteiger partial charge in [0.2, 0.25) is 5.91 Å². The number of aliphatic carboxylic acids is 1. The van der Waals surface area contributed by atoms with E-state index < -0.39 is 18.2 Å². The monoisotopic (exact) mass is 445 g/mol. The highest BCUT2D eigenvalue weighted by Crippen LogP contribution is 2.27. The van der Waals surface area contributed by atoms with E-state index in [9.17, 15) is 18.0 Å². The van der Waals surface area contributed by atoms with Gasteiger partial charge in [-0.2, -0.15) is 18.3 Å². The Balaban J connectivity index is 0.000000360. The van der Waals surface area contributed by atoms with E-state index in [4.69, 9.17) is 9.90 Å². The zero-order chi connectivity index (χ0) is 23.3. The summed E-state index contributed by atoms with van der Waals surface area (Å²) in [5, 5.41) is 15.4. The number of carbonyl (C=O) groups is 2. The number of alkyl halides is 3. The van der Waals surface area contributed by atoms with Crippen LogP contribution >= 0.6 is 0 Å². The van der Waals surface area contributed by atoms with Crippen molar-refractivity contribution >= 4 is 28.6 Å². The lowest BCUT2D eigenvalue weighted by Crippen LogP contribution is -2.23. The van der Waals surface area contributed by atoms with Gasteiger partial charge >= 0.3 is 12.1 Å². The van der Waals surface area contributed by atoms with Crippen LogP contribution in [-0.4, -0.2) is 42.9 Å². The number of aromatic amines is 1. The molecule has 0 aliphatic carbocycles. The molecule has 3 aromatic heterocycles. The molecule has 0 aliphatic rings. The average molecular weight is 445 g/mol. The van der Waals surface area contributed by atoms with Gasteiger partial charge in [-0.1, -0.05) is 18.2 Å². The normalized spacial score (nSPS) is 12.0. The number of halogens is 3. The van der Waals surface area contributed by atoms with Gasteiger partial charge in [-0.05, 0) is 36.8 Å². The number of fused-ring (bicyclic) bond motifs is 1. The molecular formula is C21H18F3N5O3. The number of benzene rings is 1. The zero-order valence-corrected chi connectivity index (χ0v) is 16.7. The molecular weight excluding hydrogens is 427 g/mol. The second-order valence-corrected chi connectivity index (χ2v) is 6.64. The fraction of sp³-hybridized carbons (Fsp3) is 0.143. The topological polar surface area (TPSA) is 113 Å². The van der Waals surface area contributed by atoms with Gasteiger partial charge in [0.1, 0.15) is 11.7 Å². The van der Waals surface area contributed by atoms with Crippen LogP contribution in [0.25, 0.3) is 22.2 Å². The number of hydrogen-bond acceptors (Lipinski definition) is 4. The fourth-order valence-corrected chi connectivity index (χ4v) is 2.79. The number of H-pyrrole nitrogens is 1. The molecule has 8 nitrogen and oxygen atoms in total. The third-order valence-corrected chi connectivity index (χ3v) is 4.43. The van der Waals surface area contributed by atoms with E-state index in [2.05, 4.69) is 20.4 Å². The minimum absolute atomic E-state index is 0.109. The number of anilines is 1. The van der Waals surface area contributed by atoms with Gasteiger partial charge in [-0.25, -0.2) is 9.78 Å². The lowest BCUT2D eigenvalue weighted by atomic mass is 10.1. The van der Waals surface area contributed by atoms with Crippen molar-refractivity contribution in [2.24, 2.45) is 0 Å². The molecule has 1 amide bonds. The van der Waals surface area contributed by atoms with Crippen LogP contribution in [0.3, 0.4) is 0 Å². The summed E-state index contributed by atoms with van der Waals surface area (Å²) in [4.78, 5) is 28.7. The highest BCUT2D eigenvalue weighted by atomic mass is 19.4. The number of hydrogen-bond donors (Lipinski definition) is 3. The first-order valence-electron chi connectivity index (χ1n) is 9.29. The quantitative estimate of drug-likeness (QED) is 0.435. The van der Waals surface area contributed by atoms with Crippen LogP contribution in [-0.2, 0) is 9.59 Å². The van der Waals surface area contributed by atoms with Crippen molar-refractivity contribution in [1.82, 2.24) is 19.7 Å². The van der Waals surface area contributed by atoms with Gasteiger partial charge in [-0.3, -0.25) is 9.48 Å². The summed E-state index contributed by atoms with van der Waals surface area (Å²) in [5.74, 6) is -2.87. The van der Waals surface area contributed by atoms with E-state index in [1.807, 2.05) is 61.8 Å². The molecule has 0 radical (unpaired) electrons. The third-order valence-electron chi connectivity index (χ3n) is 4.43. The Bertz CT molecular complexity index is 1220. The van der Waals surface area contributed by atoms with Crippen LogP contribution in [0, 0.1) is 0 Å². The molecule has 3 N–H and O–H groups in total. The number of aromatic nitrogens is 4. The molecule has 11 heteroatoms. The summed E-state index contributed by atoms with van der Waals surface area (Å²) >= 11 is 0. The number of amides is 1. The summed E-state index contributed by atoms with van der Waals surface area (Å²) < 4.78 is 33.4. The summed E-state index contributed by atoms with van der Waals surface area (Å²) in [6, 6.07) is 12.9. The van der Waals surface area contributed by atoms with Gasteiger partial charge in [0, 0.05) is 35.2 Å². The number of carboxylic acid groups (broad SMARTS) is 1. The van der Waals surface area contributed by atoms with Crippen LogP contribution in [0.15, 0.2) is 67.3 Å². The van der Waals surface area contributed by atoms with Crippen LogP contribution in [0.1, 0.15) is 13.0 Å². The number of pyridine rings is 1. The zero-order valence-electron chi connectivity index (χ0n) is 16.7.